The predicted molar refractivity (Wildman–Crippen MR) is 118 cm³/mol. The second kappa shape index (κ2) is 9.64. The lowest BCUT2D eigenvalue weighted by Gasteiger charge is -2.36. The summed E-state index contributed by atoms with van der Waals surface area (Å²) in [5, 5.41) is 7.03. The lowest BCUT2D eigenvalue weighted by atomic mass is 9.88. The minimum absolute atomic E-state index is 0.0521. The Morgan fingerprint density at radius 2 is 2.09 bits per heavy atom. The lowest BCUT2D eigenvalue weighted by molar-refractivity contribution is -0.120. The average molecular weight is 434 g/mol. The molecule has 4 rings (SSSR count). The molecule has 0 spiro atoms. The number of amides is 2. The van der Waals surface area contributed by atoms with Crippen molar-refractivity contribution in [1.82, 2.24) is 20.4 Å². The van der Waals surface area contributed by atoms with Crippen LogP contribution in [0.1, 0.15) is 42.0 Å². The molecule has 32 heavy (non-hydrogen) atoms. The molecule has 3 aromatic rings. The van der Waals surface area contributed by atoms with Crippen LogP contribution in [0.4, 0.5) is 0 Å². The van der Waals surface area contributed by atoms with Gasteiger partial charge < -0.3 is 19.5 Å². The van der Waals surface area contributed by atoms with Gasteiger partial charge >= 0.3 is 0 Å². The van der Waals surface area contributed by atoms with Crippen molar-refractivity contribution in [2.45, 2.75) is 25.8 Å². The summed E-state index contributed by atoms with van der Waals surface area (Å²) >= 11 is 0. The Labute approximate surface area is 186 Å². The third-order valence-corrected chi connectivity index (χ3v) is 5.67. The summed E-state index contributed by atoms with van der Waals surface area (Å²) in [7, 11) is 1.60. The molecular formula is C24H26N4O4. The number of nitrogens with zero attached hydrogens (tertiary/aromatic N) is 3. The van der Waals surface area contributed by atoms with Crippen LogP contribution in [0.25, 0.3) is 11.3 Å². The molecule has 8 heteroatoms. The molecule has 2 amide bonds. The molecule has 1 aliphatic heterocycles. The largest absolute Gasteiger partial charge is 0.497 e. The van der Waals surface area contributed by atoms with E-state index in [0.29, 0.717) is 24.6 Å². The number of hydrogen-bond acceptors (Lipinski definition) is 6. The standard InChI is InChI=1S/C24H26N4O4/c1-16(29)26-23(20-10-3-4-11-25-20)18-8-6-12-28(15-18)24(30)21-14-22(32-27-21)17-7-5-9-19(13-17)31-2/h3-5,7,9-11,13-14,18,23H,6,8,12,15H2,1-2H3,(H,26,29). The van der Waals surface area contributed by atoms with Gasteiger partial charge in [0.2, 0.25) is 5.91 Å². The number of ether oxygens (including phenoxy) is 1. The minimum atomic E-state index is -0.256. The Balaban J connectivity index is 1.51. The summed E-state index contributed by atoms with van der Waals surface area (Å²) in [5.41, 5.74) is 1.84. The molecular weight excluding hydrogens is 408 g/mol. The summed E-state index contributed by atoms with van der Waals surface area (Å²) in [6.07, 6.45) is 3.44. The summed E-state index contributed by atoms with van der Waals surface area (Å²) < 4.78 is 10.7. The molecule has 3 heterocycles. The van der Waals surface area contributed by atoms with Gasteiger partial charge in [-0.15, -0.1) is 0 Å². The molecule has 8 nitrogen and oxygen atoms in total. The molecule has 0 bridgehead atoms. The normalized spacial score (nSPS) is 16.9. The van der Waals surface area contributed by atoms with Crippen LogP contribution < -0.4 is 10.1 Å². The quantitative estimate of drug-likeness (QED) is 0.638. The van der Waals surface area contributed by atoms with E-state index in [2.05, 4.69) is 15.5 Å². The first-order chi connectivity index (χ1) is 15.5. The Hall–Kier alpha value is -3.68. The Kier molecular flexibility index (Phi) is 6.49. The summed E-state index contributed by atoms with van der Waals surface area (Å²) in [6.45, 7) is 2.63. The average Bonchev–Trinajstić information content (AvgIpc) is 3.33. The van der Waals surface area contributed by atoms with Crippen LogP contribution in [0.2, 0.25) is 0 Å². The Morgan fingerprint density at radius 3 is 2.84 bits per heavy atom. The van der Waals surface area contributed by atoms with Gasteiger partial charge in [-0.05, 0) is 37.1 Å². The molecule has 0 saturated carbocycles. The zero-order chi connectivity index (χ0) is 22.5. The van der Waals surface area contributed by atoms with E-state index in [0.717, 1.165) is 24.1 Å². The molecule has 166 valence electrons. The highest BCUT2D eigenvalue weighted by atomic mass is 16.5. The topological polar surface area (TPSA) is 97.6 Å². The van der Waals surface area contributed by atoms with E-state index in [9.17, 15) is 9.59 Å². The van der Waals surface area contributed by atoms with E-state index in [4.69, 9.17) is 9.26 Å². The van der Waals surface area contributed by atoms with E-state index in [-0.39, 0.29) is 29.5 Å². The number of carbonyl (C=O) groups is 2. The molecule has 1 aromatic carbocycles. The van der Waals surface area contributed by atoms with Crippen LogP contribution in [-0.2, 0) is 4.79 Å². The van der Waals surface area contributed by atoms with Gasteiger partial charge in [0.25, 0.3) is 5.91 Å². The fourth-order valence-electron chi connectivity index (χ4n) is 4.13. The SMILES string of the molecule is COc1cccc(-c2cc(C(=O)N3CCCC(C(NC(C)=O)c4ccccn4)C3)no2)c1. The van der Waals surface area contributed by atoms with Gasteiger partial charge in [-0.1, -0.05) is 23.4 Å². The molecule has 2 aromatic heterocycles. The summed E-state index contributed by atoms with van der Waals surface area (Å²) in [6, 6.07) is 14.4. The number of aromatic nitrogens is 2. The first-order valence-corrected chi connectivity index (χ1v) is 10.6. The van der Waals surface area contributed by atoms with E-state index in [1.807, 2.05) is 42.5 Å². The van der Waals surface area contributed by atoms with Gasteiger partial charge in [-0.25, -0.2) is 0 Å². The smallest absolute Gasteiger partial charge is 0.276 e. The minimum Gasteiger partial charge on any atom is -0.497 e. The second-order valence-electron chi connectivity index (χ2n) is 7.89. The van der Waals surface area contributed by atoms with E-state index in [1.54, 1.807) is 24.3 Å². The van der Waals surface area contributed by atoms with Gasteiger partial charge in [0, 0.05) is 43.8 Å². The number of hydrogen-bond donors (Lipinski definition) is 1. The Bertz CT molecular complexity index is 1080. The zero-order valence-corrected chi connectivity index (χ0v) is 18.2. The van der Waals surface area contributed by atoms with Gasteiger partial charge in [-0.2, -0.15) is 0 Å². The van der Waals surface area contributed by atoms with Crippen molar-refractivity contribution in [2.75, 3.05) is 20.2 Å². The summed E-state index contributed by atoms with van der Waals surface area (Å²) in [4.78, 5) is 31.2. The van der Waals surface area contributed by atoms with Gasteiger partial charge in [-0.3, -0.25) is 14.6 Å². The van der Waals surface area contributed by atoms with Crippen molar-refractivity contribution in [3.8, 4) is 17.1 Å². The highest BCUT2D eigenvalue weighted by Gasteiger charge is 2.33. The molecule has 2 atom stereocenters. The van der Waals surface area contributed by atoms with E-state index < -0.39 is 0 Å². The third-order valence-electron chi connectivity index (χ3n) is 5.67. The highest BCUT2D eigenvalue weighted by molar-refractivity contribution is 5.93. The molecule has 1 aliphatic rings. The molecule has 1 saturated heterocycles. The predicted octanol–water partition coefficient (Wildman–Crippen LogP) is 3.47. The van der Waals surface area contributed by atoms with Gasteiger partial charge in [0.1, 0.15) is 5.75 Å². The molecule has 1 fully saturated rings. The van der Waals surface area contributed by atoms with Crippen LogP contribution in [0.5, 0.6) is 5.75 Å². The maximum atomic E-state index is 13.2. The number of benzene rings is 1. The van der Waals surface area contributed by atoms with Crippen molar-refractivity contribution in [3.05, 3.63) is 66.1 Å². The number of methoxy groups -OCH3 is 1. The number of rotatable bonds is 6. The van der Waals surface area contributed by atoms with Crippen molar-refractivity contribution >= 4 is 11.8 Å². The fourth-order valence-corrected chi connectivity index (χ4v) is 4.13. The van der Waals surface area contributed by atoms with Crippen molar-refractivity contribution in [3.63, 3.8) is 0 Å². The van der Waals surface area contributed by atoms with Crippen LogP contribution in [-0.4, -0.2) is 47.1 Å². The van der Waals surface area contributed by atoms with Crippen molar-refractivity contribution in [1.29, 1.82) is 0 Å². The lowest BCUT2D eigenvalue weighted by Crippen LogP contribution is -2.45. The van der Waals surface area contributed by atoms with Crippen LogP contribution >= 0.6 is 0 Å². The van der Waals surface area contributed by atoms with Crippen LogP contribution in [0, 0.1) is 5.92 Å². The maximum Gasteiger partial charge on any atom is 0.276 e. The van der Waals surface area contributed by atoms with Crippen LogP contribution in [0.3, 0.4) is 0 Å². The number of likely N-dealkylation sites (tertiary alicyclic amines) is 1. The van der Waals surface area contributed by atoms with Crippen molar-refractivity contribution < 1.29 is 18.8 Å². The van der Waals surface area contributed by atoms with E-state index >= 15 is 0 Å². The van der Waals surface area contributed by atoms with Crippen molar-refractivity contribution in [2.24, 2.45) is 5.92 Å². The highest BCUT2D eigenvalue weighted by Crippen LogP contribution is 2.30. The molecule has 2 unspecified atom stereocenters. The second-order valence-corrected chi connectivity index (χ2v) is 7.89. The first-order valence-electron chi connectivity index (χ1n) is 10.6. The first kappa shape index (κ1) is 21.5. The molecule has 0 aliphatic carbocycles. The van der Waals surface area contributed by atoms with Gasteiger partial charge in [0.05, 0.1) is 18.8 Å². The number of pyridine rings is 1. The van der Waals surface area contributed by atoms with E-state index in [1.165, 1.54) is 6.92 Å². The maximum absolute atomic E-state index is 13.2. The third kappa shape index (κ3) is 4.80. The number of carbonyl (C=O) groups excluding carboxylic acids is 2. The summed E-state index contributed by atoms with van der Waals surface area (Å²) in [5.74, 6) is 0.949. The molecule has 1 N–H and O–H groups in total. The monoisotopic (exact) mass is 434 g/mol. The zero-order valence-electron chi connectivity index (χ0n) is 18.2. The number of nitrogens with one attached hydrogen (secondary N) is 1. The molecule has 0 radical (unpaired) electrons. The number of piperidine rings is 1. The Morgan fingerprint density at radius 1 is 1.22 bits per heavy atom. The van der Waals surface area contributed by atoms with Gasteiger partial charge in [0.15, 0.2) is 11.5 Å². The fraction of sp³-hybridized carbons (Fsp3) is 0.333. The van der Waals surface area contributed by atoms with Crippen LogP contribution in [0.15, 0.2) is 59.3 Å².